The zero-order valence-electron chi connectivity index (χ0n) is 6.89. The Morgan fingerprint density at radius 3 is 2.69 bits per heavy atom. The second-order valence-electron chi connectivity index (χ2n) is 3.10. The SMILES string of the molecule is Cl.N[C@@H]1CCc2c(Cl)cc(Cl)cc21. The first-order valence-electron chi connectivity index (χ1n) is 3.92. The van der Waals surface area contributed by atoms with Crippen LogP contribution in [0.1, 0.15) is 23.6 Å². The molecule has 0 saturated heterocycles. The highest BCUT2D eigenvalue weighted by atomic mass is 35.5. The maximum Gasteiger partial charge on any atom is 0.0456 e. The molecule has 1 nitrogen and oxygen atoms in total. The molecule has 0 unspecified atom stereocenters. The third-order valence-corrected chi connectivity index (χ3v) is 2.86. The predicted molar refractivity (Wildman–Crippen MR) is 59.0 cm³/mol. The van der Waals surface area contributed by atoms with E-state index in [4.69, 9.17) is 28.9 Å². The third kappa shape index (κ3) is 1.94. The lowest BCUT2D eigenvalue weighted by atomic mass is 10.1. The highest BCUT2D eigenvalue weighted by Crippen LogP contribution is 2.36. The van der Waals surface area contributed by atoms with Crippen LogP contribution in [0, 0.1) is 0 Å². The number of hydrogen-bond acceptors (Lipinski definition) is 1. The highest BCUT2D eigenvalue weighted by Gasteiger charge is 2.21. The molecule has 0 fully saturated rings. The first kappa shape index (κ1) is 11.1. The molecule has 0 aliphatic heterocycles. The monoisotopic (exact) mass is 237 g/mol. The summed E-state index contributed by atoms with van der Waals surface area (Å²) in [6.45, 7) is 0. The number of hydrogen-bond donors (Lipinski definition) is 1. The fourth-order valence-corrected chi connectivity index (χ4v) is 2.28. The molecule has 2 rings (SSSR count). The Bertz CT molecular complexity index is 325. The van der Waals surface area contributed by atoms with Crippen molar-refractivity contribution < 1.29 is 0 Å². The van der Waals surface area contributed by atoms with Crippen LogP contribution in [-0.4, -0.2) is 0 Å². The molecule has 0 bridgehead atoms. The normalized spacial score (nSPS) is 19.5. The molecular weight excluding hydrogens is 228 g/mol. The van der Waals surface area contributed by atoms with Crippen molar-refractivity contribution in [2.75, 3.05) is 0 Å². The van der Waals surface area contributed by atoms with Gasteiger partial charge < -0.3 is 5.73 Å². The summed E-state index contributed by atoms with van der Waals surface area (Å²) in [5.41, 5.74) is 8.16. The summed E-state index contributed by atoms with van der Waals surface area (Å²) in [5, 5.41) is 1.43. The molecule has 13 heavy (non-hydrogen) atoms. The van der Waals surface area contributed by atoms with Crippen molar-refractivity contribution >= 4 is 35.6 Å². The number of fused-ring (bicyclic) bond motifs is 1. The maximum absolute atomic E-state index is 6.00. The molecule has 0 aromatic heterocycles. The van der Waals surface area contributed by atoms with Crippen molar-refractivity contribution in [1.82, 2.24) is 0 Å². The highest BCUT2D eigenvalue weighted by molar-refractivity contribution is 6.35. The van der Waals surface area contributed by atoms with Gasteiger partial charge in [-0.15, -0.1) is 12.4 Å². The summed E-state index contributed by atoms with van der Waals surface area (Å²) >= 11 is 11.9. The Morgan fingerprint density at radius 1 is 1.31 bits per heavy atom. The van der Waals surface area contributed by atoms with E-state index in [1.807, 2.05) is 6.07 Å². The minimum atomic E-state index is 0. The van der Waals surface area contributed by atoms with Gasteiger partial charge in [-0.3, -0.25) is 0 Å². The molecule has 2 N–H and O–H groups in total. The maximum atomic E-state index is 6.00. The first-order valence-corrected chi connectivity index (χ1v) is 4.67. The predicted octanol–water partition coefficient (Wildman–Crippen LogP) is 3.36. The summed E-state index contributed by atoms with van der Waals surface area (Å²) in [6.07, 6.45) is 1.96. The van der Waals surface area contributed by atoms with Gasteiger partial charge in [0, 0.05) is 16.1 Å². The van der Waals surface area contributed by atoms with Crippen molar-refractivity contribution in [3.8, 4) is 0 Å². The van der Waals surface area contributed by atoms with Crippen LogP contribution in [0.15, 0.2) is 12.1 Å². The zero-order valence-corrected chi connectivity index (χ0v) is 9.22. The summed E-state index contributed by atoms with van der Waals surface area (Å²) in [7, 11) is 0. The number of benzene rings is 1. The van der Waals surface area contributed by atoms with Crippen LogP contribution < -0.4 is 5.73 Å². The molecule has 72 valence electrons. The largest absolute Gasteiger partial charge is 0.324 e. The van der Waals surface area contributed by atoms with Gasteiger partial charge in [-0.2, -0.15) is 0 Å². The number of rotatable bonds is 0. The molecule has 1 aliphatic carbocycles. The van der Waals surface area contributed by atoms with Crippen molar-refractivity contribution in [3.63, 3.8) is 0 Å². The van der Waals surface area contributed by atoms with E-state index in [0.29, 0.717) is 5.02 Å². The Morgan fingerprint density at radius 2 is 2.00 bits per heavy atom. The molecule has 0 heterocycles. The van der Waals surface area contributed by atoms with Crippen molar-refractivity contribution in [2.45, 2.75) is 18.9 Å². The summed E-state index contributed by atoms with van der Waals surface area (Å²) < 4.78 is 0. The van der Waals surface area contributed by atoms with E-state index in [-0.39, 0.29) is 18.4 Å². The van der Waals surface area contributed by atoms with Crippen LogP contribution in [-0.2, 0) is 6.42 Å². The average molecular weight is 239 g/mol. The Hall–Kier alpha value is 0.0500. The third-order valence-electron chi connectivity index (χ3n) is 2.30. The van der Waals surface area contributed by atoms with E-state index in [1.165, 1.54) is 5.56 Å². The van der Waals surface area contributed by atoms with Crippen LogP contribution in [0.4, 0.5) is 0 Å². The van der Waals surface area contributed by atoms with E-state index in [0.717, 1.165) is 23.4 Å². The Kier molecular flexibility index (Phi) is 3.47. The van der Waals surface area contributed by atoms with E-state index in [9.17, 15) is 0 Å². The van der Waals surface area contributed by atoms with Crippen LogP contribution in [0.5, 0.6) is 0 Å². The van der Waals surface area contributed by atoms with Gasteiger partial charge in [0.1, 0.15) is 0 Å². The van der Waals surface area contributed by atoms with Crippen LogP contribution in [0.25, 0.3) is 0 Å². The Balaban J connectivity index is 0.000000845. The smallest absolute Gasteiger partial charge is 0.0456 e. The molecule has 1 aromatic rings. The fraction of sp³-hybridized carbons (Fsp3) is 0.333. The van der Waals surface area contributed by atoms with E-state index in [1.54, 1.807) is 6.07 Å². The standard InChI is InChI=1S/C9H9Cl2N.ClH/c10-5-3-7-6(8(11)4-5)1-2-9(7)12;/h3-4,9H,1-2,12H2;1H/t9-;/m1./s1. The van der Waals surface area contributed by atoms with Gasteiger partial charge in [0.15, 0.2) is 0 Å². The molecule has 0 spiro atoms. The molecule has 4 heteroatoms. The minimum Gasteiger partial charge on any atom is -0.324 e. The lowest BCUT2D eigenvalue weighted by Gasteiger charge is -2.05. The van der Waals surface area contributed by atoms with Crippen LogP contribution in [0.2, 0.25) is 10.0 Å². The molecule has 1 aromatic carbocycles. The molecule has 0 saturated carbocycles. The lowest BCUT2D eigenvalue weighted by Crippen LogP contribution is -2.04. The quantitative estimate of drug-likeness (QED) is 0.737. The minimum absolute atomic E-state index is 0. The number of halogens is 3. The van der Waals surface area contributed by atoms with E-state index < -0.39 is 0 Å². The van der Waals surface area contributed by atoms with Gasteiger partial charge in [0.05, 0.1) is 0 Å². The molecule has 1 aliphatic rings. The van der Waals surface area contributed by atoms with Crippen molar-refractivity contribution in [1.29, 1.82) is 0 Å². The average Bonchev–Trinajstić information content (AvgIpc) is 2.33. The van der Waals surface area contributed by atoms with Gasteiger partial charge in [-0.1, -0.05) is 23.2 Å². The lowest BCUT2D eigenvalue weighted by molar-refractivity contribution is 0.713. The second-order valence-corrected chi connectivity index (χ2v) is 3.94. The first-order chi connectivity index (χ1) is 5.68. The van der Waals surface area contributed by atoms with Gasteiger partial charge in [-0.25, -0.2) is 0 Å². The van der Waals surface area contributed by atoms with E-state index in [2.05, 4.69) is 0 Å². The number of nitrogens with two attached hydrogens (primary N) is 1. The summed E-state index contributed by atoms with van der Waals surface area (Å²) in [4.78, 5) is 0. The summed E-state index contributed by atoms with van der Waals surface area (Å²) in [6, 6.07) is 3.82. The van der Waals surface area contributed by atoms with Gasteiger partial charge in [0.25, 0.3) is 0 Å². The zero-order chi connectivity index (χ0) is 8.72. The van der Waals surface area contributed by atoms with Gasteiger partial charge >= 0.3 is 0 Å². The molecule has 0 amide bonds. The topological polar surface area (TPSA) is 26.0 Å². The summed E-state index contributed by atoms with van der Waals surface area (Å²) in [5.74, 6) is 0. The van der Waals surface area contributed by atoms with Crippen molar-refractivity contribution in [3.05, 3.63) is 33.3 Å². The van der Waals surface area contributed by atoms with Gasteiger partial charge in [0.2, 0.25) is 0 Å². The van der Waals surface area contributed by atoms with Crippen LogP contribution >= 0.6 is 35.6 Å². The van der Waals surface area contributed by atoms with Crippen molar-refractivity contribution in [2.24, 2.45) is 5.73 Å². The van der Waals surface area contributed by atoms with Gasteiger partial charge in [-0.05, 0) is 36.1 Å². The van der Waals surface area contributed by atoms with E-state index >= 15 is 0 Å². The fourth-order valence-electron chi connectivity index (χ4n) is 1.67. The Labute approximate surface area is 93.6 Å². The molecular formula is C9H10Cl3N. The van der Waals surface area contributed by atoms with Crippen LogP contribution in [0.3, 0.4) is 0 Å². The second kappa shape index (κ2) is 4.05. The molecule has 0 radical (unpaired) electrons. The molecule has 1 atom stereocenters.